The number of anilines is 2. The number of aryl methyl sites for hydroxylation is 1. The first-order valence-electron chi connectivity index (χ1n) is 12.8. The molecule has 39 heavy (non-hydrogen) atoms. The molecule has 2 aromatic carbocycles. The van der Waals surface area contributed by atoms with E-state index in [0.29, 0.717) is 39.3 Å². The molecular formula is C27H39Cl2N7O3. The number of benzene rings is 2. The zero-order chi connectivity index (χ0) is 26.4. The van der Waals surface area contributed by atoms with Crippen LogP contribution < -0.4 is 25.8 Å². The molecule has 2 aliphatic rings. The molecule has 0 unspecified atom stereocenters. The summed E-state index contributed by atoms with van der Waals surface area (Å²) in [5, 5.41) is 12.6. The first-order valence-corrected chi connectivity index (χ1v) is 12.8. The molecule has 214 valence electrons. The van der Waals surface area contributed by atoms with E-state index in [2.05, 4.69) is 28.1 Å². The minimum atomic E-state index is -0.149. The second-order valence-corrected chi connectivity index (χ2v) is 9.42. The van der Waals surface area contributed by atoms with Gasteiger partial charge in [-0.15, -0.1) is 24.8 Å². The highest BCUT2D eigenvalue weighted by atomic mass is 35.5. The van der Waals surface area contributed by atoms with E-state index in [-0.39, 0.29) is 55.7 Å². The third kappa shape index (κ3) is 7.98. The predicted octanol–water partition coefficient (Wildman–Crippen LogP) is 2.29. The van der Waals surface area contributed by atoms with Crippen LogP contribution in [0.15, 0.2) is 42.5 Å². The number of halogens is 2. The maximum absolute atomic E-state index is 13.4. The van der Waals surface area contributed by atoms with E-state index in [1.54, 1.807) is 17.0 Å². The zero-order valence-electron chi connectivity index (χ0n) is 22.7. The van der Waals surface area contributed by atoms with Crippen molar-refractivity contribution in [3.63, 3.8) is 0 Å². The minimum absolute atomic E-state index is 0. The Balaban J connectivity index is 0.00000267. The topological polar surface area (TPSA) is 100 Å². The Morgan fingerprint density at radius 1 is 1.03 bits per heavy atom. The molecule has 4 rings (SSSR count). The van der Waals surface area contributed by atoms with Crippen molar-refractivity contribution in [2.45, 2.75) is 26.9 Å². The van der Waals surface area contributed by atoms with Gasteiger partial charge in [0.2, 0.25) is 5.91 Å². The van der Waals surface area contributed by atoms with Gasteiger partial charge in [0.05, 0.1) is 13.1 Å². The van der Waals surface area contributed by atoms with Crippen molar-refractivity contribution in [1.82, 2.24) is 26.0 Å². The van der Waals surface area contributed by atoms with E-state index in [4.69, 9.17) is 0 Å². The second-order valence-electron chi connectivity index (χ2n) is 9.42. The van der Waals surface area contributed by atoms with Gasteiger partial charge in [0.15, 0.2) is 0 Å². The Bertz CT molecular complexity index is 1130. The minimum Gasteiger partial charge on any atom is -0.353 e. The monoisotopic (exact) mass is 579 g/mol. The molecule has 0 atom stereocenters. The van der Waals surface area contributed by atoms with Gasteiger partial charge in [0.1, 0.15) is 0 Å². The van der Waals surface area contributed by atoms with Crippen LogP contribution in [-0.4, -0.2) is 80.7 Å². The van der Waals surface area contributed by atoms with Crippen LogP contribution in [0.25, 0.3) is 0 Å². The Kier molecular flexibility index (Phi) is 12.3. The standard InChI is InChI=1S/C27H37N7O3.2ClH/c1-4-28-11-12-29-25(35)18-32(24-10-9-23(15-20(24)2)34-14-13-30-27(34)37)19-26(36)31(3)33-16-21-7-5-6-8-22(21)17-33;;/h5-10,15,28H,4,11-14,16-19H2,1-3H3,(H,29,35)(H,30,37);2*1H. The molecule has 4 amide bonds. The summed E-state index contributed by atoms with van der Waals surface area (Å²) in [6, 6.07) is 13.8. The summed E-state index contributed by atoms with van der Waals surface area (Å²) in [5.74, 6) is -0.250. The molecule has 12 heteroatoms. The van der Waals surface area contributed by atoms with Gasteiger partial charge in [-0.05, 0) is 48.4 Å². The average molecular weight is 581 g/mol. The summed E-state index contributed by atoms with van der Waals surface area (Å²) < 4.78 is 0. The molecule has 1 fully saturated rings. The van der Waals surface area contributed by atoms with Crippen molar-refractivity contribution in [3.8, 4) is 0 Å². The normalized spacial score (nSPS) is 14.1. The van der Waals surface area contributed by atoms with Crippen LogP contribution in [0.4, 0.5) is 16.2 Å². The van der Waals surface area contributed by atoms with Gasteiger partial charge in [0, 0.05) is 57.7 Å². The SMILES string of the molecule is CCNCCNC(=O)CN(CC(=O)N(C)N1Cc2ccccc2C1)c1ccc(N2CCNC2=O)cc1C.Cl.Cl. The lowest BCUT2D eigenvalue weighted by molar-refractivity contribution is -0.145. The third-order valence-electron chi connectivity index (χ3n) is 6.83. The summed E-state index contributed by atoms with van der Waals surface area (Å²) in [7, 11) is 1.78. The number of nitrogens with zero attached hydrogens (tertiary/aromatic N) is 4. The molecule has 10 nitrogen and oxygen atoms in total. The van der Waals surface area contributed by atoms with Crippen molar-refractivity contribution < 1.29 is 14.4 Å². The number of nitrogens with one attached hydrogen (secondary N) is 3. The van der Waals surface area contributed by atoms with Gasteiger partial charge >= 0.3 is 6.03 Å². The average Bonchev–Trinajstić information content (AvgIpc) is 3.52. The van der Waals surface area contributed by atoms with Crippen molar-refractivity contribution in [2.75, 3.05) is 62.7 Å². The van der Waals surface area contributed by atoms with Crippen LogP contribution in [0.1, 0.15) is 23.6 Å². The van der Waals surface area contributed by atoms with E-state index >= 15 is 0 Å². The molecule has 0 bridgehead atoms. The second kappa shape index (κ2) is 14.9. The zero-order valence-corrected chi connectivity index (χ0v) is 24.4. The number of hydrazine groups is 1. The number of hydrogen-bond acceptors (Lipinski definition) is 6. The molecule has 0 aromatic heterocycles. The number of rotatable bonds is 11. The van der Waals surface area contributed by atoms with Crippen LogP contribution >= 0.6 is 24.8 Å². The number of carbonyl (C=O) groups is 3. The fraction of sp³-hybridized carbons (Fsp3) is 0.444. The fourth-order valence-electron chi connectivity index (χ4n) is 4.75. The summed E-state index contributed by atoms with van der Waals surface area (Å²) in [5.41, 5.74) is 4.91. The molecule has 2 heterocycles. The number of carbonyl (C=O) groups excluding carboxylic acids is 3. The molecule has 2 aromatic rings. The number of urea groups is 1. The van der Waals surface area contributed by atoms with Crippen LogP contribution in [0, 0.1) is 6.92 Å². The first kappa shape index (κ1) is 32.2. The van der Waals surface area contributed by atoms with Crippen LogP contribution in [0.5, 0.6) is 0 Å². The quantitative estimate of drug-likeness (QED) is 0.353. The molecule has 2 aliphatic heterocycles. The number of hydrogen-bond donors (Lipinski definition) is 3. The lowest BCUT2D eigenvalue weighted by Crippen LogP contribution is -2.48. The highest BCUT2D eigenvalue weighted by Crippen LogP contribution is 2.27. The van der Waals surface area contributed by atoms with E-state index < -0.39 is 0 Å². The first-order chi connectivity index (χ1) is 17.9. The predicted molar refractivity (Wildman–Crippen MR) is 159 cm³/mol. The van der Waals surface area contributed by atoms with Crippen LogP contribution in [-0.2, 0) is 22.7 Å². The van der Waals surface area contributed by atoms with Gasteiger partial charge in [-0.2, -0.15) is 0 Å². The molecule has 0 saturated carbocycles. The van der Waals surface area contributed by atoms with E-state index in [1.807, 2.05) is 54.1 Å². The van der Waals surface area contributed by atoms with Crippen LogP contribution in [0.2, 0.25) is 0 Å². The molecule has 0 aliphatic carbocycles. The highest BCUT2D eigenvalue weighted by Gasteiger charge is 2.27. The Morgan fingerprint density at radius 3 is 2.31 bits per heavy atom. The lowest BCUT2D eigenvalue weighted by atomic mass is 10.1. The number of likely N-dealkylation sites (N-methyl/N-ethyl adjacent to an activating group) is 2. The Labute approximate surface area is 242 Å². The van der Waals surface area contributed by atoms with Gasteiger partial charge in [-0.3, -0.25) is 19.5 Å². The van der Waals surface area contributed by atoms with Gasteiger partial charge < -0.3 is 20.9 Å². The summed E-state index contributed by atoms with van der Waals surface area (Å²) in [4.78, 5) is 41.8. The van der Waals surface area contributed by atoms with Crippen molar-refractivity contribution in [1.29, 1.82) is 0 Å². The summed E-state index contributed by atoms with van der Waals surface area (Å²) >= 11 is 0. The lowest BCUT2D eigenvalue weighted by Gasteiger charge is -2.32. The Hall–Kier alpha value is -3.05. The van der Waals surface area contributed by atoms with E-state index in [0.717, 1.165) is 23.5 Å². The maximum Gasteiger partial charge on any atom is 0.321 e. The molecule has 0 spiro atoms. The van der Waals surface area contributed by atoms with Crippen LogP contribution in [0.3, 0.4) is 0 Å². The fourth-order valence-corrected chi connectivity index (χ4v) is 4.75. The van der Waals surface area contributed by atoms with Gasteiger partial charge in [-0.1, -0.05) is 31.2 Å². The highest BCUT2D eigenvalue weighted by molar-refractivity contribution is 5.94. The number of amides is 4. The summed E-state index contributed by atoms with van der Waals surface area (Å²) in [6.45, 7) is 8.67. The molecule has 1 saturated heterocycles. The molecule has 3 N–H and O–H groups in total. The maximum atomic E-state index is 13.4. The van der Waals surface area contributed by atoms with E-state index in [9.17, 15) is 14.4 Å². The Morgan fingerprint density at radius 2 is 1.72 bits per heavy atom. The van der Waals surface area contributed by atoms with Gasteiger partial charge in [0.25, 0.3) is 5.91 Å². The van der Waals surface area contributed by atoms with Crippen molar-refractivity contribution in [3.05, 3.63) is 59.2 Å². The largest absolute Gasteiger partial charge is 0.353 e. The number of fused-ring (bicyclic) bond motifs is 1. The third-order valence-corrected chi connectivity index (χ3v) is 6.83. The van der Waals surface area contributed by atoms with Crippen molar-refractivity contribution >= 4 is 54.0 Å². The summed E-state index contributed by atoms with van der Waals surface area (Å²) in [6.07, 6.45) is 0. The molecular weight excluding hydrogens is 541 g/mol. The van der Waals surface area contributed by atoms with E-state index in [1.165, 1.54) is 11.1 Å². The van der Waals surface area contributed by atoms with Crippen molar-refractivity contribution in [2.24, 2.45) is 0 Å². The van der Waals surface area contributed by atoms with Gasteiger partial charge in [-0.25, -0.2) is 9.80 Å². The smallest absolute Gasteiger partial charge is 0.321 e. The molecule has 0 radical (unpaired) electrons.